The maximum Gasteiger partial charge on any atom is 0.273 e. The van der Waals surface area contributed by atoms with Gasteiger partial charge in [-0.2, -0.15) is 4.37 Å². The molecule has 0 atom stereocenters. The lowest BCUT2D eigenvalue weighted by molar-refractivity contribution is -0.116. The van der Waals surface area contributed by atoms with Crippen molar-refractivity contribution < 1.29 is 9.53 Å². The molecule has 0 aliphatic heterocycles. The first-order valence-corrected chi connectivity index (χ1v) is 9.27. The number of carbonyl (C=O) groups is 1. The summed E-state index contributed by atoms with van der Waals surface area (Å²) in [5.41, 5.74) is 2.46. The van der Waals surface area contributed by atoms with Crippen molar-refractivity contribution in [3.05, 3.63) is 71.3 Å². The van der Waals surface area contributed by atoms with Gasteiger partial charge in [-0.1, -0.05) is 30.3 Å². The van der Waals surface area contributed by atoms with Crippen LogP contribution in [0.2, 0.25) is 0 Å². The number of hydrogen-bond donors (Lipinski definition) is 1. The van der Waals surface area contributed by atoms with E-state index in [0.717, 1.165) is 17.1 Å². The number of benzene rings is 2. The van der Waals surface area contributed by atoms with Gasteiger partial charge in [0, 0.05) is 11.3 Å². The van der Waals surface area contributed by atoms with Crippen LogP contribution in [0.5, 0.6) is 5.75 Å². The van der Waals surface area contributed by atoms with Crippen molar-refractivity contribution in [3.63, 3.8) is 0 Å². The summed E-state index contributed by atoms with van der Waals surface area (Å²) in [5, 5.41) is 2.75. The van der Waals surface area contributed by atoms with E-state index in [1.807, 2.05) is 30.3 Å². The topological polar surface area (TPSA) is 86.1 Å². The first kappa shape index (κ1) is 17.9. The number of hydrogen-bond acceptors (Lipinski definition) is 6. The number of amides is 1. The van der Waals surface area contributed by atoms with Gasteiger partial charge in [0.1, 0.15) is 28.2 Å². The molecular weight excluding hydrogens is 376 g/mol. The minimum absolute atomic E-state index is 0.133. The van der Waals surface area contributed by atoms with Crippen molar-refractivity contribution in [2.45, 2.75) is 6.54 Å². The number of aromatic nitrogens is 3. The molecule has 8 heteroatoms. The molecule has 28 heavy (non-hydrogen) atoms. The minimum atomic E-state index is -0.318. The third kappa shape index (κ3) is 3.49. The highest BCUT2D eigenvalue weighted by atomic mass is 32.1. The molecule has 0 spiro atoms. The molecule has 1 N–H and O–H groups in total. The molecule has 2 aromatic heterocycles. The Morgan fingerprint density at radius 1 is 1.14 bits per heavy atom. The maximum absolute atomic E-state index is 12.7. The number of rotatable bonds is 5. The van der Waals surface area contributed by atoms with Gasteiger partial charge in [-0.25, -0.2) is 4.98 Å². The van der Waals surface area contributed by atoms with Crippen molar-refractivity contribution >= 4 is 33.3 Å². The fourth-order valence-corrected chi connectivity index (χ4v) is 3.59. The molecule has 4 aromatic rings. The van der Waals surface area contributed by atoms with E-state index in [2.05, 4.69) is 14.7 Å². The average Bonchev–Trinajstić information content (AvgIpc) is 3.16. The quantitative estimate of drug-likeness (QED) is 0.564. The Morgan fingerprint density at radius 2 is 1.89 bits per heavy atom. The SMILES string of the molecule is COc1ccc(NC(=O)Cn2cnc3c(-c4ccccc4)nsc3c2=O)cc1. The molecule has 2 heterocycles. The van der Waals surface area contributed by atoms with Gasteiger partial charge >= 0.3 is 0 Å². The van der Waals surface area contributed by atoms with Crippen LogP contribution in [0.4, 0.5) is 5.69 Å². The highest BCUT2D eigenvalue weighted by Gasteiger charge is 2.15. The van der Waals surface area contributed by atoms with Crippen molar-refractivity contribution in [2.75, 3.05) is 12.4 Å². The highest BCUT2D eigenvalue weighted by molar-refractivity contribution is 7.13. The van der Waals surface area contributed by atoms with Crippen LogP contribution in [0.15, 0.2) is 65.7 Å². The second-order valence-electron chi connectivity index (χ2n) is 6.03. The zero-order valence-electron chi connectivity index (χ0n) is 15.0. The standard InChI is InChI=1S/C20H16N4O3S/c1-27-15-9-7-14(8-10-15)22-16(25)11-24-12-21-18-17(13-5-3-2-4-6-13)23-28-19(18)20(24)26/h2-10,12H,11H2,1H3,(H,22,25). The van der Waals surface area contributed by atoms with E-state index in [0.29, 0.717) is 27.3 Å². The van der Waals surface area contributed by atoms with Crippen LogP contribution in [0.1, 0.15) is 0 Å². The zero-order valence-corrected chi connectivity index (χ0v) is 15.8. The monoisotopic (exact) mass is 392 g/mol. The molecule has 4 rings (SSSR count). The smallest absolute Gasteiger partial charge is 0.273 e. The van der Waals surface area contributed by atoms with Crippen molar-refractivity contribution in [3.8, 4) is 17.0 Å². The molecule has 0 aliphatic carbocycles. The largest absolute Gasteiger partial charge is 0.497 e. The summed E-state index contributed by atoms with van der Waals surface area (Å²) in [6.07, 6.45) is 1.39. The number of carbonyl (C=O) groups excluding carboxylic acids is 1. The van der Waals surface area contributed by atoms with Gasteiger partial charge < -0.3 is 10.1 Å². The van der Waals surface area contributed by atoms with Gasteiger partial charge in [0.15, 0.2) is 0 Å². The first-order chi connectivity index (χ1) is 13.7. The number of nitrogens with zero attached hydrogens (tertiary/aromatic N) is 3. The molecule has 0 aliphatic rings. The van der Waals surface area contributed by atoms with E-state index < -0.39 is 0 Å². The van der Waals surface area contributed by atoms with Crippen molar-refractivity contribution in [2.24, 2.45) is 0 Å². The van der Waals surface area contributed by atoms with Crippen molar-refractivity contribution in [1.29, 1.82) is 0 Å². The molecule has 0 saturated carbocycles. The number of methoxy groups -OCH3 is 1. The Balaban J connectivity index is 1.56. The normalized spacial score (nSPS) is 10.8. The third-order valence-corrected chi connectivity index (χ3v) is 5.01. The van der Waals surface area contributed by atoms with Crippen LogP contribution < -0.4 is 15.6 Å². The van der Waals surface area contributed by atoms with Gasteiger partial charge in [0.25, 0.3) is 5.56 Å². The van der Waals surface area contributed by atoms with Crippen LogP contribution in [0.25, 0.3) is 21.5 Å². The molecule has 1 amide bonds. The van der Waals surface area contributed by atoms with Gasteiger partial charge in [-0.05, 0) is 35.8 Å². The summed E-state index contributed by atoms with van der Waals surface area (Å²) >= 11 is 1.09. The summed E-state index contributed by atoms with van der Waals surface area (Å²) in [5.74, 6) is 0.379. The van der Waals surface area contributed by atoms with Gasteiger partial charge in [-0.3, -0.25) is 14.2 Å². The molecule has 2 aromatic carbocycles. The molecule has 0 saturated heterocycles. The predicted molar refractivity (Wildman–Crippen MR) is 109 cm³/mol. The lowest BCUT2D eigenvalue weighted by atomic mass is 10.1. The summed E-state index contributed by atoms with van der Waals surface area (Å²) in [6.45, 7) is -0.133. The summed E-state index contributed by atoms with van der Waals surface area (Å²) in [4.78, 5) is 29.4. The van der Waals surface area contributed by atoms with E-state index >= 15 is 0 Å². The minimum Gasteiger partial charge on any atom is -0.497 e. The summed E-state index contributed by atoms with van der Waals surface area (Å²) < 4.78 is 11.2. The third-order valence-electron chi connectivity index (χ3n) is 4.18. The van der Waals surface area contributed by atoms with E-state index in [9.17, 15) is 9.59 Å². The van der Waals surface area contributed by atoms with E-state index in [-0.39, 0.29) is 18.0 Å². The van der Waals surface area contributed by atoms with Gasteiger partial charge in [0.2, 0.25) is 5.91 Å². The molecule has 0 radical (unpaired) electrons. The van der Waals surface area contributed by atoms with E-state index in [1.54, 1.807) is 31.4 Å². The fraction of sp³-hybridized carbons (Fsp3) is 0.100. The Hall–Kier alpha value is -3.52. The predicted octanol–water partition coefficient (Wildman–Crippen LogP) is 3.17. The second kappa shape index (κ2) is 7.61. The fourth-order valence-electron chi connectivity index (χ4n) is 2.78. The molecule has 0 fully saturated rings. The van der Waals surface area contributed by atoms with Crippen LogP contribution in [-0.2, 0) is 11.3 Å². The first-order valence-electron chi connectivity index (χ1n) is 8.50. The maximum atomic E-state index is 12.7. The lowest BCUT2D eigenvalue weighted by Crippen LogP contribution is -2.27. The molecule has 0 bridgehead atoms. The molecule has 0 unspecified atom stereocenters. The summed E-state index contributed by atoms with van der Waals surface area (Å²) in [6, 6.07) is 16.5. The van der Waals surface area contributed by atoms with E-state index in [4.69, 9.17) is 4.74 Å². The van der Waals surface area contributed by atoms with Crippen molar-refractivity contribution in [1.82, 2.24) is 13.9 Å². The molecule has 140 valence electrons. The number of ether oxygens (including phenoxy) is 1. The summed E-state index contributed by atoms with van der Waals surface area (Å²) in [7, 11) is 1.58. The Labute approximate surface area is 164 Å². The molecular formula is C20H16N4O3S. The van der Waals surface area contributed by atoms with Crippen LogP contribution in [0, 0.1) is 0 Å². The van der Waals surface area contributed by atoms with Crippen LogP contribution >= 0.6 is 11.5 Å². The molecule has 7 nitrogen and oxygen atoms in total. The number of fused-ring (bicyclic) bond motifs is 1. The Kier molecular flexibility index (Phi) is 4.86. The number of nitrogens with one attached hydrogen (secondary N) is 1. The van der Waals surface area contributed by atoms with E-state index in [1.165, 1.54) is 10.9 Å². The zero-order chi connectivity index (χ0) is 19.5. The Bertz CT molecular complexity index is 1180. The highest BCUT2D eigenvalue weighted by Crippen LogP contribution is 2.26. The Morgan fingerprint density at radius 3 is 2.61 bits per heavy atom. The number of anilines is 1. The van der Waals surface area contributed by atoms with Crippen LogP contribution in [-0.4, -0.2) is 26.9 Å². The average molecular weight is 392 g/mol. The van der Waals surface area contributed by atoms with Gasteiger partial charge in [0.05, 0.1) is 13.4 Å². The second-order valence-corrected chi connectivity index (χ2v) is 6.80. The van der Waals surface area contributed by atoms with Gasteiger partial charge in [-0.15, -0.1) is 0 Å². The lowest BCUT2D eigenvalue weighted by Gasteiger charge is -2.08. The van der Waals surface area contributed by atoms with Crippen LogP contribution in [0.3, 0.4) is 0 Å².